The van der Waals surface area contributed by atoms with Crippen LogP contribution in [0.2, 0.25) is 0 Å². The molecule has 0 unspecified atom stereocenters. The molecule has 0 atom stereocenters. The molecule has 1 aliphatic heterocycles. The Balaban J connectivity index is 2.02. The second-order valence-electron chi connectivity index (χ2n) is 4.51. The average molecular weight is 250 g/mol. The van der Waals surface area contributed by atoms with E-state index in [1.54, 1.807) is 17.0 Å². The Hall–Kier alpha value is -1.69. The van der Waals surface area contributed by atoms with Crippen LogP contribution < -0.4 is 5.32 Å². The third-order valence-corrected chi connectivity index (χ3v) is 2.62. The SMILES string of the molecule is CC(C)Nc1ccc(C(=O)N2CCOCC2)nn1. The highest BCUT2D eigenvalue weighted by Gasteiger charge is 2.19. The van der Waals surface area contributed by atoms with Crippen molar-refractivity contribution in [2.45, 2.75) is 19.9 Å². The number of hydrogen-bond donors (Lipinski definition) is 1. The molecule has 1 aromatic rings. The number of anilines is 1. The molecule has 98 valence electrons. The van der Waals surface area contributed by atoms with Crippen LogP contribution in [0.15, 0.2) is 12.1 Å². The van der Waals surface area contributed by atoms with Gasteiger partial charge < -0.3 is 15.0 Å². The van der Waals surface area contributed by atoms with E-state index in [1.165, 1.54) is 0 Å². The van der Waals surface area contributed by atoms with E-state index in [1.807, 2.05) is 13.8 Å². The van der Waals surface area contributed by atoms with Gasteiger partial charge in [0.2, 0.25) is 0 Å². The van der Waals surface area contributed by atoms with Crippen molar-refractivity contribution < 1.29 is 9.53 Å². The number of nitrogens with zero attached hydrogens (tertiary/aromatic N) is 3. The number of carbonyl (C=O) groups is 1. The van der Waals surface area contributed by atoms with Gasteiger partial charge in [0.05, 0.1) is 13.2 Å². The number of hydrogen-bond acceptors (Lipinski definition) is 5. The molecule has 2 rings (SSSR count). The van der Waals surface area contributed by atoms with Gasteiger partial charge in [-0.3, -0.25) is 4.79 Å². The molecule has 1 saturated heterocycles. The highest BCUT2D eigenvalue weighted by Crippen LogP contribution is 2.07. The van der Waals surface area contributed by atoms with Crippen LogP contribution in [-0.2, 0) is 4.74 Å². The number of nitrogens with one attached hydrogen (secondary N) is 1. The van der Waals surface area contributed by atoms with Crippen molar-refractivity contribution in [2.75, 3.05) is 31.6 Å². The summed E-state index contributed by atoms with van der Waals surface area (Å²) in [6, 6.07) is 3.77. The fourth-order valence-corrected chi connectivity index (χ4v) is 1.75. The lowest BCUT2D eigenvalue weighted by Crippen LogP contribution is -2.41. The molecule has 1 aliphatic rings. The van der Waals surface area contributed by atoms with Gasteiger partial charge in [0.25, 0.3) is 5.91 Å². The van der Waals surface area contributed by atoms with Crippen LogP contribution in [0.25, 0.3) is 0 Å². The Morgan fingerprint density at radius 2 is 2.06 bits per heavy atom. The first-order chi connectivity index (χ1) is 8.66. The summed E-state index contributed by atoms with van der Waals surface area (Å²) >= 11 is 0. The first-order valence-corrected chi connectivity index (χ1v) is 6.14. The van der Waals surface area contributed by atoms with Gasteiger partial charge in [0.15, 0.2) is 5.69 Å². The molecule has 0 aliphatic carbocycles. The van der Waals surface area contributed by atoms with Gasteiger partial charge in [0, 0.05) is 19.1 Å². The molecule has 1 fully saturated rings. The molecule has 1 N–H and O–H groups in total. The summed E-state index contributed by atoms with van der Waals surface area (Å²) in [6.45, 7) is 6.46. The second kappa shape index (κ2) is 5.77. The lowest BCUT2D eigenvalue weighted by atomic mass is 10.3. The summed E-state index contributed by atoms with van der Waals surface area (Å²) in [5, 5.41) is 11.1. The van der Waals surface area contributed by atoms with Crippen molar-refractivity contribution in [2.24, 2.45) is 0 Å². The van der Waals surface area contributed by atoms with Crippen molar-refractivity contribution >= 4 is 11.7 Å². The quantitative estimate of drug-likeness (QED) is 0.858. The van der Waals surface area contributed by atoms with E-state index in [-0.39, 0.29) is 5.91 Å². The number of morpholine rings is 1. The van der Waals surface area contributed by atoms with Gasteiger partial charge in [-0.25, -0.2) is 0 Å². The highest BCUT2D eigenvalue weighted by atomic mass is 16.5. The Bertz CT molecular complexity index is 399. The predicted octanol–water partition coefficient (Wildman–Crippen LogP) is 0.769. The van der Waals surface area contributed by atoms with Gasteiger partial charge in [-0.15, -0.1) is 10.2 Å². The zero-order chi connectivity index (χ0) is 13.0. The topological polar surface area (TPSA) is 67.4 Å². The van der Waals surface area contributed by atoms with Crippen molar-refractivity contribution in [1.82, 2.24) is 15.1 Å². The van der Waals surface area contributed by atoms with Gasteiger partial charge in [-0.2, -0.15) is 0 Å². The third kappa shape index (κ3) is 3.16. The summed E-state index contributed by atoms with van der Waals surface area (Å²) in [7, 11) is 0. The van der Waals surface area contributed by atoms with E-state index in [9.17, 15) is 4.79 Å². The molecule has 0 bridgehead atoms. The zero-order valence-electron chi connectivity index (χ0n) is 10.7. The normalized spacial score (nSPS) is 15.8. The molecular weight excluding hydrogens is 232 g/mol. The molecule has 0 saturated carbocycles. The summed E-state index contributed by atoms with van der Waals surface area (Å²) < 4.78 is 5.21. The van der Waals surface area contributed by atoms with Gasteiger partial charge in [-0.1, -0.05) is 0 Å². The smallest absolute Gasteiger partial charge is 0.274 e. The fraction of sp³-hybridized carbons (Fsp3) is 0.583. The van der Waals surface area contributed by atoms with Gasteiger partial charge in [-0.05, 0) is 26.0 Å². The molecule has 0 spiro atoms. The Kier molecular flexibility index (Phi) is 4.09. The van der Waals surface area contributed by atoms with E-state index in [0.29, 0.717) is 43.9 Å². The molecule has 6 heteroatoms. The lowest BCUT2D eigenvalue weighted by Gasteiger charge is -2.26. The maximum absolute atomic E-state index is 12.1. The largest absolute Gasteiger partial charge is 0.378 e. The van der Waals surface area contributed by atoms with Crippen molar-refractivity contribution in [3.05, 3.63) is 17.8 Å². The van der Waals surface area contributed by atoms with Crippen LogP contribution >= 0.6 is 0 Å². The summed E-state index contributed by atoms with van der Waals surface area (Å²) in [5.74, 6) is 0.602. The summed E-state index contributed by atoms with van der Waals surface area (Å²) in [5.41, 5.74) is 0.381. The highest BCUT2D eigenvalue weighted by molar-refractivity contribution is 5.92. The average Bonchev–Trinajstić information content (AvgIpc) is 2.39. The van der Waals surface area contributed by atoms with Gasteiger partial charge in [0.1, 0.15) is 5.82 Å². The minimum atomic E-state index is -0.0816. The van der Waals surface area contributed by atoms with Crippen LogP contribution in [0.1, 0.15) is 24.3 Å². The summed E-state index contributed by atoms with van der Waals surface area (Å²) in [6.07, 6.45) is 0. The first-order valence-electron chi connectivity index (χ1n) is 6.14. The summed E-state index contributed by atoms with van der Waals surface area (Å²) in [4.78, 5) is 13.8. The van der Waals surface area contributed by atoms with E-state index < -0.39 is 0 Å². The van der Waals surface area contributed by atoms with Crippen molar-refractivity contribution in [3.8, 4) is 0 Å². The Morgan fingerprint density at radius 1 is 1.33 bits per heavy atom. The van der Waals surface area contributed by atoms with Crippen LogP contribution in [0.3, 0.4) is 0 Å². The molecule has 0 radical (unpaired) electrons. The second-order valence-corrected chi connectivity index (χ2v) is 4.51. The minimum Gasteiger partial charge on any atom is -0.378 e. The predicted molar refractivity (Wildman–Crippen MR) is 67.5 cm³/mol. The molecule has 1 aromatic heterocycles. The van der Waals surface area contributed by atoms with Crippen LogP contribution in [0, 0.1) is 0 Å². The maximum Gasteiger partial charge on any atom is 0.274 e. The first kappa shape index (κ1) is 12.8. The molecular formula is C12H18N4O2. The molecule has 0 aromatic carbocycles. The molecule has 1 amide bonds. The third-order valence-electron chi connectivity index (χ3n) is 2.62. The Morgan fingerprint density at radius 3 is 2.61 bits per heavy atom. The number of rotatable bonds is 3. The van der Waals surface area contributed by atoms with E-state index in [4.69, 9.17) is 4.74 Å². The standard InChI is InChI=1S/C12H18N4O2/c1-9(2)13-11-4-3-10(14-15-11)12(17)16-5-7-18-8-6-16/h3-4,9H,5-8H2,1-2H3,(H,13,15). The maximum atomic E-state index is 12.1. The van der Waals surface area contributed by atoms with Gasteiger partial charge >= 0.3 is 0 Å². The van der Waals surface area contributed by atoms with E-state index in [2.05, 4.69) is 15.5 Å². The monoisotopic (exact) mass is 250 g/mol. The zero-order valence-corrected chi connectivity index (χ0v) is 10.7. The van der Waals surface area contributed by atoms with E-state index >= 15 is 0 Å². The van der Waals surface area contributed by atoms with Crippen LogP contribution in [0.5, 0.6) is 0 Å². The number of ether oxygens (including phenoxy) is 1. The Labute approximate surface area is 106 Å². The molecule has 2 heterocycles. The minimum absolute atomic E-state index is 0.0816. The fourth-order valence-electron chi connectivity index (χ4n) is 1.75. The number of aromatic nitrogens is 2. The van der Waals surface area contributed by atoms with E-state index in [0.717, 1.165) is 0 Å². The van der Waals surface area contributed by atoms with Crippen molar-refractivity contribution in [3.63, 3.8) is 0 Å². The van der Waals surface area contributed by atoms with Crippen LogP contribution in [0.4, 0.5) is 5.82 Å². The lowest BCUT2D eigenvalue weighted by molar-refractivity contribution is 0.0298. The molecule has 18 heavy (non-hydrogen) atoms. The number of amides is 1. The molecule has 6 nitrogen and oxygen atoms in total. The number of carbonyl (C=O) groups excluding carboxylic acids is 1. The van der Waals surface area contributed by atoms with Crippen molar-refractivity contribution in [1.29, 1.82) is 0 Å². The van der Waals surface area contributed by atoms with Crippen LogP contribution in [-0.4, -0.2) is 53.3 Å².